The molecular formula is C11H14N2O3S. The highest BCUT2D eigenvalue weighted by Gasteiger charge is 2.24. The highest BCUT2D eigenvalue weighted by molar-refractivity contribution is 7.99. The highest BCUT2D eigenvalue weighted by atomic mass is 32.2. The number of hydrogen-bond acceptors (Lipinski definition) is 5. The molecule has 2 atom stereocenters. The zero-order chi connectivity index (χ0) is 12.3. The Morgan fingerprint density at radius 3 is 2.76 bits per heavy atom. The van der Waals surface area contributed by atoms with Crippen LogP contribution in [0.3, 0.4) is 0 Å². The van der Waals surface area contributed by atoms with Gasteiger partial charge in [-0.1, -0.05) is 12.8 Å². The van der Waals surface area contributed by atoms with Crippen LogP contribution in [0.5, 0.6) is 0 Å². The van der Waals surface area contributed by atoms with Crippen molar-refractivity contribution in [2.24, 2.45) is 0 Å². The first-order valence-electron chi connectivity index (χ1n) is 5.62. The molecule has 0 aliphatic heterocycles. The van der Waals surface area contributed by atoms with Crippen molar-refractivity contribution in [3.8, 4) is 0 Å². The molecule has 1 fully saturated rings. The number of aliphatic hydroxyl groups is 1. The normalized spacial score (nSPS) is 24.5. The molecule has 0 bridgehead atoms. The van der Waals surface area contributed by atoms with Gasteiger partial charge in [-0.3, -0.25) is 10.1 Å². The van der Waals surface area contributed by atoms with Gasteiger partial charge < -0.3 is 5.11 Å². The van der Waals surface area contributed by atoms with Gasteiger partial charge >= 0.3 is 0 Å². The summed E-state index contributed by atoms with van der Waals surface area (Å²) in [6, 6.07) is 3.09. The zero-order valence-corrected chi connectivity index (χ0v) is 10.1. The van der Waals surface area contributed by atoms with Crippen LogP contribution in [0.25, 0.3) is 0 Å². The van der Waals surface area contributed by atoms with Crippen molar-refractivity contribution < 1.29 is 10.0 Å². The van der Waals surface area contributed by atoms with E-state index in [1.807, 2.05) is 0 Å². The second-order valence-corrected chi connectivity index (χ2v) is 5.38. The molecule has 0 saturated heterocycles. The van der Waals surface area contributed by atoms with E-state index in [0.29, 0.717) is 0 Å². The van der Waals surface area contributed by atoms with Crippen LogP contribution in [0, 0.1) is 10.1 Å². The lowest BCUT2D eigenvalue weighted by atomic mass is 9.97. The second kappa shape index (κ2) is 5.46. The second-order valence-electron chi connectivity index (χ2n) is 4.12. The molecule has 1 heterocycles. The molecule has 2 rings (SSSR count). The molecule has 1 aromatic rings. The molecule has 0 amide bonds. The van der Waals surface area contributed by atoms with E-state index in [9.17, 15) is 15.2 Å². The molecular weight excluding hydrogens is 240 g/mol. The lowest BCUT2D eigenvalue weighted by Crippen LogP contribution is -2.26. The van der Waals surface area contributed by atoms with Crippen molar-refractivity contribution in [3.63, 3.8) is 0 Å². The van der Waals surface area contributed by atoms with Gasteiger partial charge in [0.15, 0.2) is 0 Å². The van der Waals surface area contributed by atoms with Crippen molar-refractivity contribution in [2.75, 3.05) is 0 Å². The fraction of sp³-hybridized carbons (Fsp3) is 0.545. The number of aromatic nitrogens is 1. The Morgan fingerprint density at radius 2 is 2.18 bits per heavy atom. The number of rotatable bonds is 3. The van der Waals surface area contributed by atoms with Crippen LogP contribution in [0.4, 0.5) is 5.69 Å². The molecule has 6 heteroatoms. The summed E-state index contributed by atoms with van der Waals surface area (Å²) in [6.45, 7) is 0. The summed E-state index contributed by atoms with van der Waals surface area (Å²) < 4.78 is 0. The third-order valence-electron chi connectivity index (χ3n) is 2.87. The van der Waals surface area contributed by atoms with E-state index in [1.165, 1.54) is 24.0 Å². The predicted molar refractivity (Wildman–Crippen MR) is 65.0 cm³/mol. The Labute approximate surface area is 103 Å². The van der Waals surface area contributed by atoms with Crippen LogP contribution in [0.1, 0.15) is 25.7 Å². The maximum atomic E-state index is 10.5. The molecule has 92 valence electrons. The summed E-state index contributed by atoms with van der Waals surface area (Å²) in [5.41, 5.74) is -0.00135. The van der Waals surface area contributed by atoms with E-state index in [1.54, 1.807) is 6.07 Å². The minimum Gasteiger partial charge on any atom is -0.392 e. The average Bonchev–Trinajstić information content (AvgIpc) is 2.33. The maximum absolute atomic E-state index is 10.5. The van der Waals surface area contributed by atoms with Gasteiger partial charge in [-0.15, -0.1) is 11.8 Å². The maximum Gasteiger partial charge on any atom is 0.287 e. The fourth-order valence-corrected chi connectivity index (χ4v) is 3.07. The Balaban J connectivity index is 2.00. The van der Waals surface area contributed by atoms with Crippen LogP contribution in [-0.4, -0.2) is 26.4 Å². The molecule has 1 aromatic heterocycles. The van der Waals surface area contributed by atoms with Gasteiger partial charge in [0.25, 0.3) is 5.69 Å². The molecule has 1 aliphatic rings. The predicted octanol–water partition coefficient (Wildman–Crippen LogP) is 2.39. The molecule has 0 unspecified atom stereocenters. The van der Waals surface area contributed by atoms with Gasteiger partial charge in [0.2, 0.25) is 0 Å². The first kappa shape index (κ1) is 12.3. The summed E-state index contributed by atoms with van der Waals surface area (Å²) in [5.74, 6) is 0. The number of thioether (sulfide) groups is 1. The van der Waals surface area contributed by atoms with Crippen LogP contribution < -0.4 is 0 Å². The lowest BCUT2D eigenvalue weighted by molar-refractivity contribution is -0.385. The molecule has 0 spiro atoms. The Morgan fingerprint density at radius 1 is 1.41 bits per heavy atom. The van der Waals surface area contributed by atoms with Crippen LogP contribution in [0.2, 0.25) is 0 Å². The van der Waals surface area contributed by atoms with E-state index in [-0.39, 0.29) is 17.0 Å². The quantitative estimate of drug-likeness (QED) is 0.662. The SMILES string of the molecule is O=[N+]([O-])c1ccc(S[C@H]2CCCC[C@@H]2O)nc1. The molecule has 5 nitrogen and oxygen atoms in total. The van der Waals surface area contributed by atoms with E-state index in [2.05, 4.69) is 4.98 Å². The number of hydrogen-bond donors (Lipinski definition) is 1. The first-order chi connectivity index (χ1) is 8.16. The van der Waals surface area contributed by atoms with Gasteiger partial charge in [-0.25, -0.2) is 4.98 Å². The van der Waals surface area contributed by atoms with Crippen LogP contribution in [0.15, 0.2) is 23.4 Å². The minimum atomic E-state index is -0.461. The van der Waals surface area contributed by atoms with E-state index < -0.39 is 4.92 Å². The van der Waals surface area contributed by atoms with Crippen molar-refractivity contribution in [1.82, 2.24) is 4.98 Å². The molecule has 1 N–H and O–H groups in total. The average molecular weight is 254 g/mol. The molecule has 0 aromatic carbocycles. The number of pyridine rings is 1. The topological polar surface area (TPSA) is 76.3 Å². The summed E-state index contributed by atoms with van der Waals surface area (Å²) >= 11 is 1.51. The molecule has 1 aliphatic carbocycles. The fourth-order valence-electron chi connectivity index (χ4n) is 1.92. The Hall–Kier alpha value is -1.14. The van der Waals surface area contributed by atoms with E-state index >= 15 is 0 Å². The summed E-state index contributed by atoms with van der Waals surface area (Å²) in [7, 11) is 0. The van der Waals surface area contributed by atoms with Gasteiger partial charge in [0.05, 0.1) is 16.1 Å². The van der Waals surface area contributed by atoms with Crippen molar-refractivity contribution in [1.29, 1.82) is 0 Å². The monoisotopic (exact) mass is 254 g/mol. The van der Waals surface area contributed by atoms with Gasteiger partial charge in [-0.2, -0.15) is 0 Å². The summed E-state index contributed by atoms with van der Waals surface area (Å²) in [4.78, 5) is 14.1. The van der Waals surface area contributed by atoms with Crippen LogP contribution >= 0.6 is 11.8 Å². The standard InChI is InChI=1S/C11H14N2O3S/c14-9-3-1-2-4-10(9)17-11-6-5-8(7-12-11)13(15)16/h5-7,9-10,14H,1-4H2/t9-,10-/m0/s1. The van der Waals surface area contributed by atoms with Crippen molar-refractivity contribution >= 4 is 17.4 Å². The van der Waals surface area contributed by atoms with Gasteiger partial charge in [0.1, 0.15) is 6.20 Å². The molecule has 1 saturated carbocycles. The number of aliphatic hydroxyl groups excluding tert-OH is 1. The Kier molecular flexibility index (Phi) is 3.96. The minimum absolute atomic E-state index is 0.00135. The number of nitrogens with zero attached hydrogens (tertiary/aromatic N) is 2. The van der Waals surface area contributed by atoms with Crippen LogP contribution in [-0.2, 0) is 0 Å². The van der Waals surface area contributed by atoms with Crippen molar-refractivity contribution in [2.45, 2.75) is 42.1 Å². The number of nitro groups is 1. The third kappa shape index (κ3) is 3.17. The lowest BCUT2D eigenvalue weighted by Gasteiger charge is -2.26. The smallest absolute Gasteiger partial charge is 0.287 e. The zero-order valence-electron chi connectivity index (χ0n) is 9.28. The summed E-state index contributed by atoms with van der Waals surface area (Å²) in [6.07, 6.45) is 4.99. The molecule has 0 radical (unpaired) electrons. The summed E-state index contributed by atoms with van der Waals surface area (Å²) in [5, 5.41) is 21.2. The first-order valence-corrected chi connectivity index (χ1v) is 6.50. The largest absolute Gasteiger partial charge is 0.392 e. The van der Waals surface area contributed by atoms with E-state index in [4.69, 9.17) is 0 Å². The van der Waals surface area contributed by atoms with Gasteiger partial charge in [-0.05, 0) is 18.9 Å². The van der Waals surface area contributed by atoms with Gasteiger partial charge in [0, 0.05) is 11.3 Å². The highest BCUT2D eigenvalue weighted by Crippen LogP contribution is 2.33. The molecule has 17 heavy (non-hydrogen) atoms. The van der Waals surface area contributed by atoms with E-state index in [0.717, 1.165) is 30.7 Å². The Bertz CT molecular complexity index is 396. The third-order valence-corrected chi connectivity index (χ3v) is 4.21. The van der Waals surface area contributed by atoms with Crippen molar-refractivity contribution in [3.05, 3.63) is 28.4 Å².